The first-order chi connectivity index (χ1) is 9.60. The lowest BCUT2D eigenvalue weighted by atomic mass is 9.99. The van der Waals surface area contributed by atoms with E-state index < -0.39 is 0 Å². The van der Waals surface area contributed by atoms with Crippen LogP contribution in [0.25, 0.3) is 0 Å². The van der Waals surface area contributed by atoms with E-state index in [0.717, 1.165) is 12.8 Å². The Morgan fingerprint density at radius 2 is 2.10 bits per heavy atom. The zero-order valence-electron chi connectivity index (χ0n) is 12.5. The third-order valence-corrected chi connectivity index (χ3v) is 6.03. The second-order valence-corrected chi connectivity index (χ2v) is 7.95. The molecule has 0 amide bonds. The van der Waals surface area contributed by atoms with Crippen LogP contribution in [0.2, 0.25) is 0 Å². The van der Waals surface area contributed by atoms with E-state index in [1.54, 1.807) is 0 Å². The number of aliphatic hydroxyl groups is 1. The minimum atomic E-state index is -0.00254. The minimum absolute atomic E-state index is 0.00254. The molecular formula is C17H25NOS. The highest BCUT2D eigenvalue weighted by atomic mass is 32.2. The van der Waals surface area contributed by atoms with Crippen molar-refractivity contribution in [1.82, 2.24) is 5.32 Å². The zero-order valence-corrected chi connectivity index (χ0v) is 13.3. The summed E-state index contributed by atoms with van der Waals surface area (Å²) in [6.45, 7) is 4.63. The van der Waals surface area contributed by atoms with Crippen molar-refractivity contribution in [3.05, 3.63) is 29.3 Å². The molecule has 1 aromatic carbocycles. The van der Waals surface area contributed by atoms with Gasteiger partial charge in [0.25, 0.3) is 0 Å². The highest BCUT2D eigenvalue weighted by Crippen LogP contribution is 2.42. The van der Waals surface area contributed by atoms with Gasteiger partial charge in [-0.15, -0.1) is 11.8 Å². The SMILES string of the molecule is Cc1ccc(SC2CCC(CO)(NC3CC3)C2)c(C)c1. The Morgan fingerprint density at radius 1 is 1.30 bits per heavy atom. The van der Waals surface area contributed by atoms with E-state index in [0.29, 0.717) is 11.3 Å². The molecule has 0 saturated heterocycles. The van der Waals surface area contributed by atoms with E-state index in [4.69, 9.17) is 0 Å². The lowest BCUT2D eigenvalue weighted by Gasteiger charge is -2.28. The van der Waals surface area contributed by atoms with Gasteiger partial charge in [0.2, 0.25) is 0 Å². The standard InChI is InChI=1S/C17H25NOS/c1-12-3-6-16(13(2)9-12)20-15-7-8-17(10-15,11-19)18-14-4-5-14/h3,6,9,14-15,18-19H,4-5,7-8,10-11H2,1-2H3. The summed E-state index contributed by atoms with van der Waals surface area (Å²) >= 11 is 2.00. The molecule has 3 rings (SSSR count). The van der Waals surface area contributed by atoms with Gasteiger partial charge in [-0.3, -0.25) is 0 Å². The molecule has 2 aliphatic carbocycles. The predicted molar refractivity (Wildman–Crippen MR) is 85.4 cm³/mol. The summed E-state index contributed by atoms with van der Waals surface area (Å²) in [4.78, 5) is 1.40. The van der Waals surface area contributed by atoms with Crippen LogP contribution in [0.15, 0.2) is 23.1 Å². The molecule has 2 nitrogen and oxygen atoms in total. The molecule has 2 N–H and O–H groups in total. The van der Waals surface area contributed by atoms with Crippen molar-refractivity contribution in [1.29, 1.82) is 0 Å². The molecule has 2 unspecified atom stereocenters. The summed E-state index contributed by atoms with van der Waals surface area (Å²) < 4.78 is 0. The van der Waals surface area contributed by atoms with Crippen molar-refractivity contribution in [3.8, 4) is 0 Å². The van der Waals surface area contributed by atoms with Crippen molar-refractivity contribution in [2.24, 2.45) is 0 Å². The monoisotopic (exact) mass is 291 g/mol. The van der Waals surface area contributed by atoms with Gasteiger partial charge in [0.1, 0.15) is 0 Å². The largest absolute Gasteiger partial charge is 0.394 e. The first-order valence-corrected chi connectivity index (χ1v) is 8.61. The van der Waals surface area contributed by atoms with Crippen LogP contribution in [0.1, 0.15) is 43.2 Å². The number of hydrogen-bond donors (Lipinski definition) is 2. The Balaban J connectivity index is 1.64. The lowest BCUT2D eigenvalue weighted by molar-refractivity contribution is 0.163. The lowest BCUT2D eigenvalue weighted by Crippen LogP contribution is -2.47. The van der Waals surface area contributed by atoms with E-state index >= 15 is 0 Å². The topological polar surface area (TPSA) is 32.3 Å². The number of aryl methyl sites for hydroxylation is 2. The molecular weight excluding hydrogens is 266 g/mol. The van der Waals surface area contributed by atoms with Gasteiger partial charge >= 0.3 is 0 Å². The van der Waals surface area contributed by atoms with Gasteiger partial charge in [-0.25, -0.2) is 0 Å². The van der Waals surface area contributed by atoms with Crippen molar-refractivity contribution in [2.75, 3.05) is 6.61 Å². The number of rotatable bonds is 5. The first-order valence-electron chi connectivity index (χ1n) is 7.73. The van der Waals surface area contributed by atoms with Gasteiger partial charge in [0.05, 0.1) is 6.61 Å². The molecule has 0 aliphatic heterocycles. The second kappa shape index (κ2) is 5.70. The Labute approximate surface area is 126 Å². The van der Waals surface area contributed by atoms with E-state index in [9.17, 15) is 5.11 Å². The summed E-state index contributed by atoms with van der Waals surface area (Å²) in [5.41, 5.74) is 2.71. The number of aliphatic hydroxyl groups excluding tert-OH is 1. The Morgan fingerprint density at radius 3 is 2.75 bits per heavy atom. The normalized spacial score (nSPS) is 29.9. The van der Waals surface area contributed by atoms with Crippen molar-refractivity contribution >= 4 is 11.8 Å². The molecule has 0 bridgehead atoms. The van der Waals surface area contributed by atoms with E-state index in [1.165, 1.54) is 35.3 Å². The molecule has 0 heterocycles. The molecule has 0 radical (unpaired) electrons. The fourth-order valence-corrected chi connectivity index (χ4v) is 4.66. The highest BCUT2D eigenvalue weighted by molar-refractivity contribution is 8.00. The quantitative estimate of drug-likeness (QED) is 0.872. The molecule has 0 spiro atoms. The molecule has 20 heavy (non-hydrogen) atoms. The summed E-state index contributed by atoms with van der Waals surface area (Å²) in [5.74, 6) is 0. The van der Waals surface area contributed by atoms with Gasteiger partial charge in [0.15, 0.2) is 0 Å². The van der Waals surface area contributed by atoms with Gasteiger partial charge in [-0.2, -0.15) is 0 Å². The van der Waals surface area contributed by atoms with E-state index in [-0.39, 0.29) is 12.1 Å². The van der Waals surface area contributed by atoms with Gasteiger partial charge in [-0.1, -0.05) is 17.7 Å². The molecule has 2 aliphatic rings. The Bertz CT molecular complexity index is 486. The Kier molecular flexibility index (Phi) is 4.11. The number of hydrogen-bond acceptors (Lipinski definition) is 3. The molecule has 110 valence electrons. The number of nitrogens with one attached hydrogen (secondary N) is 1. The van der Waals surface area contributed by atoms with Crippen LogP contribution in [0.5, 0.6) is 0 Å². The van der Waals surface area contributed by atoms with Gasteiger partial charge in [0, 0.05) is 21.7 Å². The predicted octanol–water partition coefficient (Wildman–Crippen LogP) is 3.43. The first kappa shape index (κ1) is 14.4. The van der Waals surface area contributed by atoms with Gasteiger partial charge < -0.3 is 10.4 Å². The van der Waals surface area contributed by atoms with Crippen molar-refractivity contribution in [2.45, 2.75) is 67.7 Å². The maximum Gasteiger partial charge on any atom is 0.0613 e. The molecule has 2 atom stereocenters. The van der Waals surface area contributed by atoms with E-state index in [1.807, 2.05) is 11.8 Å². The third-order valence-electron chi connectivity index (χ3n) is 4.58. The van der Waals surface area contributed by atoms with Crippen LogP contribution >= 0.6 is 11.8 Å². The molecule has 1 aromatic rings. The second-order valence-electron chi connectivity index (χ2n) is 6.61. The Hall–Kier alpha value is -0.510. The smallest absolute Gasteiger partial charge is 0.0613 e. The van der Waals surface area contributed by atoms with Crippen LogP contribution in [0.4, 0.5) is 0 Å². The number of thioether (sulfide) groups is 1. The third kappa shape index (κ3) is 3.21. The zero-order chi connectivity index (χ0) is 14.2. The van der Waals surface area contributed by atoms with Gasteiger partial charge in [-0.05, 0) is 57.6 Å². The summed E-state index contributed by atoms with van der Waals surface area (Å²) in [7, 11) is 0. The molecule has 0 aromatic heterocycles. The molecule has 3 heteroatoms. The number of benzene rings is 1. The summed E-state index contributed by atoms with van der Waals surface area (Å²) in [6, 6.07) is 7.39. The van der Waals surface area contributed by atoms with Crippen LogP contribution < -0.4 is 5.32 Å². The van der Waals surface area contributed by atoms with Crippen molar-refractivity contribution in [3.63, 3.8) is 0 Å². The minimum Gasteiger partial charge on any atom is -0.394 e. The van der Waals surface area contributed by atoms with Crippen LogP contribution in [0, 0.1) is 13.8 Å². The average Bonchev–Trinajstić information content (AvgIpc) is 3.13. The van der Waals surface area contributed by atoms with Crippen LogP contribution in [-0.2, 0) is 0 Å². The van der Waals surface area contributed by atoms with E-state index in [2.05, 4.69) is 37.4 Å². The van der Waals surface area contributed by atoms with Crippen LogP contribution in [0.3, 0.4) is 0 Å². The van der Waals surface area contributed by atoms with Crippen LogP contribution in [-0.4, -0.2) is 28.5 Å². The summed E-state index contributed by atoms with van der Waals surface area (Å²) in [5, 5.41) is 14.1. The fraction of sp³-hybridized carbons (Fsp3) is 0.647. The summed E-state index contributed by atoms with van der Waals surface area (Å²) in [6.07, 6.45) is 5.99. The maximum atomic E-state index is 9.80. The van der Waals surface area contributed by atoms with Crippen molar-refractivity contribution < 1.29 is 5.11 Å². The fourth-order valence-electron chi connectivity index (χ4n) is 3.27. The molecule has 2 saturated carbocycles. The maximum absolute atomic E-state index is 9.80. The molecule has 2 fully saturated rings. The average molecular weight is 291 g/mol. The highest BCUT2D eigenvalue weighted by Gasteiger charge is 2.42.